The van der Waals surface area contributed by atoms with Crippen LogP contribution in [0.15, 0.2) is 42.5 Å². The largest absolute Gasteiger partial charge is 0.493 e. The van der Waals surface area contributed by atoms with Gasteiger partial charge < -0.3 is 15.4 Å². The van der Waals surface area contributed by atoms with Crippen LogP contribution in [0.2, 0.25) is 0 Å². The van der Waals surface area contributed by atoms with Gasteiger partial charge in [-0.3, -0.25) is 9.59 Å². The summed E-state index contributed by atoms with van der Waals surface area (Å²) in [5.74, 6) is -0.439. The summed E-state index contributed by atoms with van der Waals surface area (Å²) >= 11 is 0. The van der Waals surface area contributed by atoms with Crippen molar-refractivity contribution in [3.63, 3.8) is 0 Å². The van der Waals surface area contributed by atoms with E-state index in [1.54, 1.807) is 0 Å². The molecule has 0 spiro atoms. The second-order valence-corrected chi connectivity index (χ2v) is 5.64. The van der Waals surface area contributed by atoms with Crippen LogP contribution in [0.3, 0.4) is 0 Å². The number of amides is 2. The Balaban J connectivity index is 1.70. The SMILES string of the molecule is Cc1cccc(C)c1NC(=O)CNC(=O)CCOc1ccc(F)cc1. The maximum atomic E-state index is 12.8. The van der Waals surface area contributed by atoms with Crippen molar-refractivity contribution in [3.8, 4) is 5.75 Å². The molecule has 2 rings (SSSR count). The molecule has 132 valence electrons. The molecule has 0 aromatic heterocycles. The molecule has 0 unspecified atom stereocenters. The Bertz CT molecular complexity index is 725. The summed E-state index contributed by atoms with van der Waals surface area (Å²) in [5.41, 5.74) is 2.70. The van der Waals surface area contributed by atoms with Crippen LogP contribution in [-0.4, -0.2) is 25.0 Å². The van der Waals surface area contributed by atoms with Gasteiger partial charge in [0.25, 0.3) is 0 Å². The molecule has 0 saturated carbocycles. The maximum absolute atomic E-state index is 12.8. The molecule has 0 aliphatic carbocycles. The number of benzene rings is 2. The van der Waals surface area contributed by atoms with Crippen LogP contribution in [0.25, 0.3) is 0 Å². The summed E-state index contributed by atoms with van der Waals surface area (Å²) in [6, 6.07) is 11.3. The highest BCUT2D eigenvalue weighted by molar-refractivity contribution is 5.95. The van der Waals surface area contributed by atoms with Gasteiger partial charge in [0, 0.05) is 5.69 Å². The molecule has 0 saturated heterocycles. The van der Waals surface area contributed by atoms with Crippen LogP contribution in [0, 0.1) is 19.7 Å². The third-order valence-corrected chi connectivity index (χ3v) is 3.60. The normalized spacial score (nSPS) is 10.2. The van der Waals surface area contributed by atoms with Gasteiger partial charge in [0.1, 0.15) is 11.6 Å². The van der Waals surface area contributed by atoms with Crippen molar-refractivity contribution in [2.24, 2.45) is 0 Å². The van der Waals surface area contributed by atoms with E-state index in [4.69, 9.17) is 4.74 Å². The Morgan fingerprint density at radius 1 is 1.00 bits per heavy atom. The Hall–Kier alpha value is -2.89. The molecule has 0 bridgehead atoms. The van der Waals surface area contributed by atoms with Crippen molar-refractivity contribution in [1.29, 1.82) is 0 Å². The van der Waals surface area contributed by atoms with Crippen LogP contribution in [0.1, 0.15) is 17.5 Å². The molecule has 2 aromatic carbocycles. The monoisotopic (exact) mass is 344 g/mol. The Kier molecular flexibility index (Phi) is 6.51. The predicted molar refractivity (Wildman–Crippen MR) is 94.1 cm³/mol. The Morgan fingerprint density at radius 2 is 1.64 bits per heavy atom. The molecule has 0 fully saturated rings. The minimum atomic E-state index is -0.347. The molecule has 2 N–H and O–H groups in total. The third-order valence-electron chi connectivity index (χ3n) is 3.60. The average Bonchev–Trinajstić information content (AvgIpc) is 2.58. The van der Waals surface area contributed by atoms with Crippen molar-refractivity contribution >= 4 is 17.5 Å². The van der Waals surface area contributed by atoms with Gasteiger partial charge in [-0.15, -0.1) is 0 Å². The summed E-state index contributed by atoms with van der Waals surface area (Å²) in [5, 5.41) is 5.35. The number of aryl methyl sites for hydroxylation is 2. The fourth-order valence-electron chi connectivity index (χ4n) is 2.25. The molecule has 2 aromatic rings. The van der Waals surface area contributed by atoms with E-state index in [0.29, 0.717) is 5.75 Å². The standard InChI is InChI=1S/C19H21FN2O3/c1-13-4-3-5-14(2)19(13)22-18(24)12-21-17(23)10-11-25-16-8-6-15(20)7-9-16/h3-9H,10-12H2,1-2H3,(H,21,23)(H,22,24). The molecule has 25 heavy (non-hydrogen) atoms. The number of halogens is 1. The summed E-state index contributed by atoms with van der Waals surface area (Å²) in [4.78, 5) is 23.7. The van der Waals surface area contributed by atoms with Gasteiger partial charge in [-0.25, -0.2) is 4.39 Å². The molecule has 0 atom stereocenters. The van der Waals surface area contributed by atoms with Gasteiger partial charge in [0.05, 0.1) is 19.6 Å². The van der Waals surface area contributed by atoms with E-state index >= 15 is 0 Å². The van der Waals surface area contributed by atoms with Crippen LogP contribution < -0.4 is 15.4 Å². The molecule has 0 heterocycles. The van der Waals surface area contributed by atoms with Gasteiger partial charge in [-0.1, -0.05) is 18.2 Å². The summed E-state index contributed by atoms with van der Waals surface area (Å²) < 4.78 is 18.1. The van der Waals surface area contributed by atoms with Gasteiger partial charge >= 0.3 is 0 Å². The van der Waals surface area contributed by atoms with Gasteiger partial charge in [0.15, 0.2) is 0 Å². The molecule has 5 nitrogen and oxygen atoms in total. The van der Waals surface area contributed by atoms with Gasteiger partial charge in [-0.2, -0.15) is 0 Å². The second kappa shape index (κ2) is 8.82. The van der Waals surface area contributed by atoms with E-state index in [1.807, 2.05) is 32.0 Å². The van der Waals surface area contributed by atoms with Crippen molar-refractivity contribution in [3.05, 3.63) is 59.4 Å². The van der Waals surface area contributed by atoms with Crippen LogP contribution >= 0.6 is 0 Å². The number of carbonyl (C=O) groups excluding carboxylic acids is 2. The predicted octanol–water partition coefficient (Wildman–Crippen LogP) is 2.97. The topological polar surface area (TPSA) is 67.4 Å². The fraction of sp³-hybridized carbons (Fsp3) is 0.263. The minimum absolute atomic E-state index is 0.105. The average molecular weight is 344 g/mol. The molecule has 0 aliphatic rings. The number of nitrogens with one attached hydrogen (secondary N) is 2. The summed E-state index contributed by atoms with van der Waals surface area (Å²) in [7, 11) is 0. The molecular formula is C19H21FN2O3. The van der Waals surface area contributed by atoms with Crippen molar-refractivity contribution in [2.75, 3.05) is 18.5 Å². The zero-order valence-corrected chi connectivity index (χ0v) is 14.3. The first-order chi connectivity index (χ1) is 12.0. The van der Waals surface area contributed by atoms with Crippen molar-refractivity contribution in [1.82, 2.24) is 5.32 Å². The van der Waals surface area contributed by atoms with Crippen molar-refractivity contribution in [2.45, 2.75) is 20.3 Å². The Labute approximate surface area is 146 Å². The highest BCUT2D eigenvalue weighted by Gasteiger charge is 2.09. The van der Waals surface area contributed by atoms with Gasteiger partial charge in [-0.05, 0) is 49.2 Å². The number of anilines is 1. The van der Waals surface area contributed by atoms with Crippen LogP contribution in [0.5, 0.6) is 5.75 Å². The summed E-state index contributed by atoms with van der Waals surface area (Å²) in [6.07, 6.45) is 0.105. The lowest BCUT2D eigenvalue weighted by molar-refractivity contribution is -0.124. The lowest BCUT2D eigenvalue weighted by Crippen LogP contribution is -2.33. The lowest BCUT2D eigenvalue weighted by Gasteiger charge is -2.12. The van der Waals surface area contributed by atoms with E-state index in [2.05, 4.69) is 10.6 Å². The molecule has 2 amide bonds. The molecule has 6 heteroatoms. The van der Waals surface area contributed by atoms with Crippen LogP contribution in [-0.2, 0) is 9.59 Å². The smallest absolute Gasteiger partial charge is 0.243 e. The highest BCUT2D eigenvalue weighted by Crippen LogP contribution is 2.19. The number of carbonyl (C=O) groups is 2. The first-order valence-corrected chi connectivity index (χ1v) is 7.97. The van der Waals surface area contributed by atoms with E-state index in [1.165, 1.54) is 24.3 Å². The number of ether oxygens (including phenoxy) is 1. The molecular weight excluding hydrogens is 323 g/mol. The molecule has 0 aliphatic heterocycles. The number of hydrogen-bond acceptors (Lipinski definition) is 3. The molecule has 0 radical (unpaired) electrons. The van der Waals surface area contributed by atoms with Gasteiger partial charge in [0.2, 0.25) is 11.8 Å². The van der Waals surface area contributed by atoms with Crippen LogP contribution in [0.4, 0.5) is 10.1 Å². The van der Waals surface area contributed by atoms with E-state index < -0.39 is 0 Å². The van der Waals surface area contributed by atoms with E-state index in [0.717, 1.165) is 16.8 Å². The number of hydrogen-bond donors (Lipinski definition) is 2. The highest BCUT2D eigenvalue weighted by atomic mass is 19.1. The van der Waals surface area contributed by atoms with Crippen molar-refractivity contribution < 1.29 is 18.7 Å². The van der Waals surface area contributed by atoms with E-state index in [9.17, 15) is 14.0 Å². The first kappa shape index (κ1) is 18.4. The summed E-state index contributed by atoms with van der Waals surface area (Å²) in [6.45, 7) is 3.86. The Morgan fingerprint density at radius 3 is 2.28 bits per heavy atom. The van der Waals surface area contributed by atoms with E-state index in [-0.39, 0.29) is 37.2 Å². The zero-order valence-electron chi connectivity index (χ0n) is 14.3. The fourth-order valence-corrected chi connectivity index (χ4v) is 2.25. The second-order valence-electron chi connectivity index (χ2n) is 5.64. The minimum Gasteiger partial charge on any atom is -0.493 e. The first-order valence-electron chi connectivity index (χ1n) is 7.97. The zero-order chi connectivity index (χ0) is 18.2. The quantitative estimate of drug-likeness (QED) is 0.811. The number of para-hydroxylation sites is 1. The third kappa shape index (κ3) is 5.91. The maximum Gasteiger partial charge on any atom is 0.243 e. The number of rotatable bonds is 7. The lowest BCUT2D eigenvalue weighted by atomic mass is 10.1.